The van der Waals surface area contributed by atoms with Gasteiger partial charge in [-0.25, -0.2) is 0 Å². The van der Waals surface area contributed by atoms with Crippen molar-refractivity contribution < 1.29 is 0 Å². The second-order valence-electron chi connectivity index (χ2n) is 3.48. The number of likely N-dealkylation sites (N-methyl/N-ethyl adjacent to an activating group) is 1. The third-order valence-electron chi connectivity index (χ3n) is 2.42. The van der Waals surface area contributed by atoms with Gasteiger partial charge in [0.1, 0.15) is 0 Å². The molecule has 2 heterocycles. The number of hydrogen-bond acceptors (Lipinski definition) is 7. The highest BCUT2D eigenvalue weighted by atomic mass is 32.2. The van der Waals surface area contributed by atoms with Crippen molar-refractivity contribution in [3.05, 3.63) is 0 Å². The van der Waals surface area contributed by atoms with Crippen molar-refractivity contribution in [1.82, 2.24) is 25.3 Å². The Kier molecular flexibility index (Phi) is 3.32. The van der Waals surface area contributed by atoms with Gasteiger partial charge in [0.05, 0.1) is 0 Å². The average molecular weight is 226 g/mol. The summed E-state index contributed by atoms with van der Waals surface area (Å²) in [6.07, 6.45) is 1.91. The molecule has 82 valence electrons. The van der Waals surface area contributed by atoms with Gasteiger partial charge in [-0.3, -0.25) is 0 Å². The second-order valence-corrected chi connectivity index (χ2v) is 4.25. The highest BCUT2D eigenvalue weighted by Crippen LogP contribution is 2.10. The fraction of sp³-hybridized carbons (Fsp3) is 0.750. The topological polar surface area (TPSA) is 58.0 Å². The maximum Gasteiger partial charge on any atom is 0.264 e. The van der Waals surface area contributed by atoms with E-state index in [1.165, 1.54) is 11.8 Å². The minimum atomic E-state index is 0.618. The van der Waals surface area contributed by atoms with E-state index in [-0.39, 0.29) is 0 Å². The van der Waals surface area contributed by atoms with Gasteiger partial charge in [0.15, 0.2) is 0 Å². The van der Waals surface area contributed by atoms with Crippen LogP contribution in [0.25, 0.3) is 0 Å². The highest BCUT2D eigenvalue weighted by molar-refractivity contribution is 7.98. The Morgan fingerprint density at radius 3 is 2.13 bits per heavy atom. The summed E-state index contributed by atoms with van der Waals surface area (Å²) in [4.78, 5) is 4.40. The number of anilines is 1. The molecule has 1 aromatic rings. The molecule has 0 saturated carbocycles. The molecule has 0 aromatic carbocycles. The molecule has 0 unspecified atom stereocenters. The van der Waals surface area contributed by atoms with E-state index in [2.05, 4.69) is 37.2 Å². The Morgan fingerprint density at radius 1 is 1.00 bits per heavy atom. The van der Waals surface area contributed by atoms with Crippen LogP contribution in [0.1, 0.15) is 0 Å². The minimum absolute atomic E-state index is 0.618. The zero-order valence-corrected chi connectivity index (χ0v) is 9.74. The van der Waals surface area contributed by atoms with Gasteiger partial charge in [-0.1, -0.05) is 11.8 Å². The average Bonchev–Trinajstić information content (AvgIpc) is 2.30. The van der Waals surface area contributed by atoms with Crippen LogP contribution in [0.4, 0.5) is 5.95 Å². The summed E-state index contributed by atoms with van der Waals surface area (Å²) in [5.74, 6) is 0.640. The summed E-state index contributed by atoms with van der Waals surface area (Å²) >= 11 is 1.45. The van der Waals surface area contributed by atoms with Crippen molar-refractivity contribution in [2.45, 2.75) is 5.16 Å². The first-order valence-corrected chi connectivity index (χ1v) is 6.07. The minimum Gasteiger partial charge on any atom is -0.336 e. The molecule has 0 radical (unpaired) electrons. The molecule has 0 N–H and O–H groups in total. The number of nitrogens with zero attached hydrogens (tertiary/aromatic N) is 6. The zero-order valence-electron chi connectivity index (χ0n) is 8.92. The Hall–Kier alpha value is -0.950. The lowest BCUT2D eigenvalue weighted by atomic mass is 10.3. The van der Waals surface area contributed by atoms with Gasteiger partial charge in [0, 0.05) is 26.2 Å². The Bertz CT molecular complexity index is 307. The van der Waals surface area contributed by atoms with Gasteiger partial charge in [0.2, 0.25) is 5.16 Å². The SMILES string of the molecule is CSc1nnc(N2CCN(C)CC2)nn1. The van der Waals surface area contributed by atoms with Crippen molar-refractivity contribution >= 4 is 17.7 Å². The van der Waals surface area contributed by atoms with E-state index in [0.717, 1.165) is 26.2 Å². The highest BCUT2D eigenvalue weighted by Gasteiger charge is 2.16. The lowest BCUT2D eigenvalue weighted by Gasteiger charge is -2.31. The molecule has 1 aliphatic rings. The van der Waals surface area contributed by atoms with Gasteiger partial charge < -0.3 is 9.80 Å². The van der Waals surface area contributed by atoms with Crippen LogP contribution in [-0.4, -0.2) is 64.8 Å². The quantitative estimate of drug-likeness (QED) is 0.644. The van der Waals surface area contributed by atoms with Crippen LogP contribution in [0.2, 0.25) is 0 Å². The van der Waals surface area contributed by atoms with E-state index >= 15 is 0 Å². The number of hydrogen-bond donors (Lipinski definition) is 0. The van der Waals surface area contributed by atoms with Crippen molar-refractivity contribution in [3.8, 4) is 0 Å². The van der Waals surface area contributed by atoms with Crippen molar-refractivity contribution in [1.29, 1.82) is 0 Å². The van der Waals surface area contributed by atoms with Gasteiger partial charge in [-0.05, 0) is 13.3 Å². The fourth-order valence-corrected chi connectivity index (χ4v) is 1.67. The van der Waals surface area contributed by atoms with Gasteiger partial charge in [0.25, 0.3) is 5.95 Å². The van der Waals surface area contributed by atoms with Crippen molar-refractivity contribution in [3.63, 3.8) is 0 Å². The molecule has 0 spiro atoms. The van der Waals surface area contributed by atoms with Gasteiger partial charge in [-0.15, -0.1) is 20.4 Å². The fourth-order valence-electron chi connectivity index (χ4n) is 1.43. The smallest absolute Gasteiger partial charge is 0.264 e. The lowest BCUT2D eigenvalue weighted by Crippen LogP contribution is -2.45. The van der Waals surface area contributed by atoms with Crippen LogP contribution in [0, 0.1) is 0 Å². The summed E-state index contributed by atoms with van der Waals surface area (Å²) in [5, 5.41) is 16.7. The zero-order chi connectivity index (χ0) is 10.7. The standard InChI is InChI=1S/C8H14N6S/c1-13-3-5-14(6-4-13)7-9-11-8(15-2)12-10-7/h3-6H2,1-2H3. The second kappa shape index (κ2) is 4.71. The largest absolute Gasteiger partial charge is 0.336 e. The lowest BCUT2D eigenvalue weighted by molar-refractivity contribution is 0.310. The molecular formula is C8H14N6S. The van der Waals surface area contributed by atoms with E-state index in [0.29, 0.717) is 11.1 Å². The first-order chi connectivity index (χ1) is 7.29. The monoisotopic (exact) mass is 226 g/mol. The van der Waals surface area contributed by atoms with E-state index in [9.17, 15) is 0 Å². The normalized spacial score (nSPS) is 18.1. The molecule has 1 aliphatic heterocycles. The maximum absolute atomic E-state index is 4.06. The molecule has 1 saturated heterocycles. The first kappa shape index (κ1) is 10.6. The summed E-state index contributed by atoms with van der Waals surface area (Å²) in [6, 6.07) is 0. The Balaban J connectivity index is 2.03. The molecule has 7 heteroatoms. The summed E-state index contributed by atoms with van der Waals surface area (Å²) in [5.41, 5.74) is 0. The molecule has 0 atom stereocenters. The van der Waals surface area contributed by atoms with E-state index in [4.69, 9.17) is 0 Å². The molecule has 0 aliphatic carbocycles. The molecule has 1 fully saturated rings. The van der Waals surface area contributed by atoms with Crippen LogP contribution < -0.4 is 4.90 Å². The number of rotatable bonds is 2. The molecule has 15 heavy (non-hydrogen) atoms. The predicted molar refractivity (Wildman–Crippen MR) is 59.1 cm³/mol. The maximum atomic E-state index is 4.06. The number of aromatic nitrogens is 4. The molecule has 1 aromatic heterocycles. The van der Waals surface area contributed by atoms with Crippen LogP contribution in [0.15, 0.2) is 5.16 Å². The number of piperazine rings is 1. The molecular weight excluding hydrogens is 212 g/mol. The van der Waals surface area contributed by atoms with Crippen LogP contribution in [0.3, 0.4) is 0 Å². The first-order valence-electron chi connectivity index (χ1n) is 4.84. The van der Waals surface area contributed by atoms with E-state index < -0.39 is 0 Å². The van der Waals surface area contributed by atoms with E-state index in [1.807, 2.05) is 6.26 Å². The Morgan fingerprint density at radius 2 is 1.60 bits per heavy atom. The molecule has 2 rings (SSSR count). The number of thioether (sulfide) groups is 1. The van der Waals surface area contributed by atoms with Crippen LogP contribution in [0.5, 0.6) is 0 Å². The van der Waals surface area contributed by atoms with Crippen molar-refractivity contribution in [2.24, 2.45) is 0 Å². The molecule has 6 nitrogen and oxygen atoms in total. The summed E-state index contributed by atoms with van der Waals surface area (Å²) in [7, 11) is 2.12. The summed E-state index contributed by atoms with van der Waals surface area (Å²) < 4.78 is 0. The summed E-state index contributed by atoms with van der Waals surface area (Å²) in [6.45, 7) is 3.96. The van der Waals surface area contributed by atoms with E-state index in [1.54, 1.807) is 0 Å². The third kappa shape index (κ3) is 2.54. The Labute approximate surface area is 93.1 Å². The van der Waals surface area contributed by atoms with Crippen LogP contribution >= 0.6 is 11.8 Å². The molecule has 0 bridgehead atoms. The predicted octanol–water partition coefficient (Wildman–Crippen LogP) is -0.260. The van der Waals surface area contributed by atoms with Gasteiger partial charge >= 0.3 is 0 Å². The van der Waals surface area contributed by atoms with Gasteiger partial charge in [-0.2, -0.15) is 0 Å². The van der Waals surface area contributed by atoms with Crippen LogP contribution in [-0.2, 0) is 0 Å². The molecule has 0 amide bonds. The third-order valence-corrected chi connectivity index (χ3v) is 2.95. The van der Waals surface area contributed by atoms with Crippen molar-refractivity contribution in [2.75, 3.05) is 44.4 Å².